The van der Waals surface area contributed by atoms with Gasteiger partial charge in [-0.2, -0.15) is 0 Å². The number of allylic oxidation sites excluding steroid dienone is 8. The van der Waals surface area contributed by atoms with E-state index in [4.69, 9.17) is 4.98 Å². The minimum atomic E-state index is -0.966. The molecule has 2 heterocycles. The van der Waals surface area contributed by atoms with E-state index in [-0.39, 0.29) is 11.3 Å². The first-order valence-corrected chi connectivity index (χ1v) is 11.6. The first-order chi connectivity index (χ1) is 16.6. The smallest absolute Gasteiger partial charge is 0.278 e. The first kappa shape index (κ1) is 20.7. The summed E-state index contributed by atoms with van der Waals surface area (Å²) in [7, 11) is 0. The summed E-state index contributed by atoms with van der Waals surface area (Å²) in [6, 6.07) is 9.04. The second kappa shape index (κ2) is 8.13. The molecule has 0 radical (unpaired) electrons. The van der Waals surface area contributed by atoms with Crippen molar-refractivity contribution in [1.29, 1.82) is 0 Å². The van der Waals surface area contributed by atoms with Crippen molar-refractivity contribution >= 4 is 21.8 Å². The van der Waals surface area contributed by atoms with Gasteiger partial charge in [0.2, 0.25) is 0 Å². The Bertz CT molecular complexity index is 1580. The Labute approximate surface area is 195 Å². The van der Waals surface area contributed by atoms with Gasteiger partial charge >= 0.3 is 0 Å². The number of hydrogen-bond donors (Lipinski definition) is 2. The number of alkyl halides is 1. The molecule has 6 heteroatoms. The van der Waals surface area contributed by atoms with Gasteiger partial charge in [-0.05, 0) is 53.6 Å². The van der Waals surface area contributed by atoms with Crippen molar-refractivity contribution in [2.75, 3.05) is 0 Å². The lowest BCUT2D eigenvalue weighted by molar-refractivity contribution is 0.400. The number of H-pyrrole nitrogens is 1. The first-order valence-electron chi connectivity index (χ1n) is 11.6. The summed E-state index contributed by atoms with van der Waals surface area (Å²) in [4.78, 5) is 22.0. The standard InChI is InChI=1S/C28H24FN3O2/c29-20-9-6-18(7-10-20)15-24-28(34)32-25-13-8-19-16-21(33)11-12-22(19)26(25)30-23(27(32)31-24)14-17-4-2-1-3-5-17/h2,4-9,11-13,16,20,30,33H,1,3,10,14-15H2/t20-/m0/s1. The van der Waals surface area contributed by atoms with E-state index in [1.54, 1.807) is 22.8 Å². The number of nitrogens with zero attached hydrogens (tertiary/aromatic N) is 2. The normalized spacial score (nSPS) is 18.1. The van der Waals surface area contributed by atoms with Crippen molar-refractivity contribution in [3.8, 4) is 11.6 Å². The van der Waals surface area contributed by atoms with Gasteiger partial charge in [-0.15, -0.1) is 0 Å². The molecule has 2 aliphatic carbocycles. The molecule has 0 saturated heterocycles. The number of rotatable bonds is 4. The van der Waals surface area contributed by atoms with Crippen LogP contribution in [0.1, 0.15) is 30.7 Å². The molecule has 2 aliphatic heterocycles. The van der Waals surface area contributed by atoms with E-state index in [0.717, 1.165) is 45.9 Å². The van der Waals surface area contributed by atoms with Crippen LogP contribution in [-0.2, 0) is 12.8 Å². The van der Waals surface area contributed by atoms with E-state index in [1.807, 2.05) is 24.3 Å². The monoisotopic (exact) mass is 453 g/mol. The molecule has 2 aromatic carbocycles. The number of imidazole rings is 1. The van der Waals surface area contributed by atoms with E-state index in [1.165, 1.54) is 11.6 Å². The number of fused-ring (bicyclic) bond motifs is 5. The number of aromatic hydroxyl groups is 1. The second-order valence-corrected chi connectivity index (χ2v) is 8.99. The predicted octanol–water partition coefficient (Wildman–Crippen LogP) is 5.60. The molecule has 0 saturated carbocycles. The molecule has 0 fully saturated rings. The fraction of sp³-hybridized carbons (Fsp3) is 0.214. The van der Waals surface area contributed by atoms with Gasteiger partial charge in [0.25, 0.3) is 5.56 Å². The minimum Gasteiger partial charge on any atom is -0.508 e. The molecule has 1 atom stereocenters. The fourth-order valence-corrected chi connectivity index (χ4v) is 4.91. The van der Waals surface area contributed by atoms with E-state index < -0.39 is 6.17 Å². The maximum atomic E-state index is 13.6. The van der Waals surface area contributed by atoms with Crippen LogP contribution < -0.4 is 5.56 Å². The van der Waals surface area contributed by atoms with E-state index in [0.29, 0.717) is 30.8 Å². The third-order valence-corrected chi connectivity index (χ3v) is 6.62. The zero-order chi connectivity index (χ0) is 23.2. The Morgan fingerprint density at radius 1 is 1.09 bits per heavy atom. The lowest BCUT2D eigenvalue weighted by Gasteiger charge is -2.16. The third kappa shape index (κ3) is 3.55. The number of benzene rings is 2. The highest BCUT2D eigenvalue weighted by atomic mass is 19.1. The second-order valence-electron chi connectivity index (χ2n) is 8.99. The maximum Gasteiger partial charge on any atom is 0.278 e. The number of aromatic nitrogens is 3. The Hall–Kier alpha value is -3.93. The van der Waals surface area contributed by atoms with E-state index in [2.05, 4.69) is 23.2 Å². The summed E-state index contributed by atoms with van der Waals surface area (Å²) in [5.41, 5.74) is 4.83. The molecule has 0 amide bonds. The molecule has 4 aliphatic rings. The number of hydrogen-bond acceptors (Lipinski definition) is 3. The summed E-state index contributed by atoms with van der Waals surface area (Å²) >= 11 is 0. The molecule has 2 aromatic rings. The average molecular weight is 454 g/mol. The van der Waals surface area contributed by atoms with Gasteiger partial charge < -0.3 is 10.1 Å². The van der Waals surface area contributed by atoms with Crippen molar-refractivity contribution < 1.29 is 9.50 Å². The molecule has 0 unspecified atom stereocenters. The molecular formula is C28H24FN3O2. The molecular weight excluding hydrogens is 429 g/mol. The van der Waals surface area contributed by atoms with Crippen LogP contribution in [-0.4, -0.2) is 25.8 Å². The number of aromatic amines is 1. The lowest BCUT2D eigenvalue weighted by Crippen LogP contribution is -2.19. The molecule has 170 valence electrons. The summed E-state index contributed by atoms with van der Waals surface area (Å²) in [5, 5.41) is 11.8. The molecule has 0 spiro atoms. The largest absolute Gasteiger partial charge is 0.508 e. The Balaban J connectivity index is 1.57. The van der Waals surface area contributed by atoms with Crippen LogP contribution in [0, 0.1) is 0 Å². The quantitative estimate of drug-likeness (QED) is 0.396. The van der Waals surface area contributed by atoms with Crippen molar-refractivity contribution in [3.05, 3.63) is 99.7 Å². The maximum absolute atomic E-state index is 13.6. The molecule has 0 aromatic heterocycles. The minimum absolute atomic E-state index is 0.154. The molecule has 2 N–H and O–H groups in total. The Morgan fingerprint density at radius 2 is 1.97 bits per heavy atom. The van der Waals surface area contributed by atoms with Gasteiger partial charge in [-0.1, -0.05) is 42.5 Å². The number of phenols is 1. The summed E-state index contributed by atoms with van der Waals surface area (Å²) < 4.78 is 15.2. The fourth-order valence-electron chi connectivity index (χ4n) is 4.91. The van der Waals surface area contributed by atoms with Crippen LogP contribution >= 0.6 is 0 Å². The molecule has 6 rings (SSSR count). The van der Waals surface area contributed by atoms with Crippen molar-refractivity contribution in [1.82, 2.24) is 14.5 Å². The predicted molar refractivity (Wildman–Crippen MR) is 133 cm³/mol. The number of nitrogens with one attached hydrogen (secondary N) is 1. The SMILES string of the molecule is O=c1c(CC2=CC[C@@H](F)C=C2)nc2c(CC3=CCCC=C3)[nH]c3c4ccc(O)cc4ccc3n1-2. The van der Waals surface area contributed by atoms with Crippen LogP contribution in [0.3, 0.4) is 0 Å². The van der Waals surface area contributed by atoms with Gasteiger partial charge in [-0.25, -0.2) is 9.37 Å². The van der Waals surface area contributed by atoms with Gasteiger partial charge in [0.1, 0.15) is 17.6 Å². The average Bonchev–Trinajstić information content (AvgIpc) is 3.17. The van der Waals surface area contributed by atoms with Gasteiger partial charge in [0.15, 0.2) is 5.82 Å². The molecule has 5 nitrogen and oxygen atoms in total. The van der Waals surface area contributed by atoms with Crippen molar-refractivity contribution in [2.45, 2.75) is 38.3 Å². The van der Waals surface area contributed by atoms with E-state index >= 15 is 0 Å². The highest BCUT2D eigenvalue weighted by Gasteiger charge is 2.23. The zero-order valence-electron chi connectivity index (χ0n) is 18.6. The van der Waals surface area contributed by atoms with Crippen LogP contribution in [0.5, 0.6) is 5.75 Å². The molecule has 0 bridgehead atoms. The zero-order valence-corrected chi connectivity index (χ0v) is 18.6. The Kier molecular flexibility index (Phi) is 4.94. The van der Waals surface area contributed by atoms with Crippen molar-refractivity contribution in [2.24, 2.45) is 0 Å². The highest BCUT2D eigenvalue weighted by Crippen LogP contribution is 2.31. The van der Waals surface area contributed by atoms with Crippen LogP contribution in [0.25, 0.3) is 27.6 Å². The third-order valence-electron chi connectivity index (χ3n) is 6.62. The summed E-state index contributed by atoms with van der Waals surface area (Å²) in [5.74, 6) is 0.818. The number of halogens is 1. The Morgan fingerprint density at radius 3 is 2.76 bits per heavy atom. The molecule has 34 heavy (non-hydrogen) atoms. The highest BCUT2D eigenvalue weighted by molar-refractivity contribution is 6.05. The van der Waals surface area contributed by atoms with Gasteiger partial charge in [0.05, 0.1) is 16.7 Å². The summed E-state index contributed by atoms with van der Waals surface area (Å²) in [6.45, 7) is 0. The van der Waals surface area contributed by atoms with E-state index in [9.17, 15) is 14.3 Å². The summed E-state index contributed by atoms with van der Waals surface area (Å²) in [6.07, 6.45) is 14.1. The van der Waals surface area contributed by atoms with Crippen molar-refractivity contribution in [3.63, 3.8) is 0 Å². The van der Waals surface area contributed by atoms with Gasteiger partial charge in [-0.3, -0.25) is 9.36 Å². The van der Waals surface area contributed by atoms with Gasteiger partial charge in [0, 0.05) is 24.6 Å². The van der Waals surface area contributed by atoms with Crippen LogP contribution in [0.2, 0.25) is 0 Å². The topological polar surface area (TPSA) is 70.9 Å². The number of phenolic OH excluding ortho intramolecular Hbond substituents is 1. The van der Waals surface area contributed by atoms with Crippen LogP contribution in [0.4, 0.5) is 4.39 Å². The van der Waals surface area contributed by atoms with Crippen LogP contribution in [0.15, 0.2) is 82.7 Å². The lowest BCUT2D eigenvalue weighted by atomic mass is 10.0.